The number of hydrogen-bond donors (Lipinski definition) is 1. The lowest BCUT2D eigenvalue weighted by molar-refractivity contribution is 0.181. The van der Waals surface area contributed by atoms with Crippen LogP contribution >= 0.6 is 0 Å². The van der Waals surface area contributed by atoms with E-state index in [1.807, 2.05) is 0 Å². The number of likely N-dealkylation sites (N-methyl/N-ethyl adjacent to an activating group) is 1. The number of nitrogens with zero attached hydrogens (tertiary/aromatic N) is 3. The quantitative estimate of drug-likeness (QED) is 0.749. The van der Waals surface area contributed by atoms with Crippen molar-refractivity contribution in [3.8, 4) is 0 Å². The van der Waals surface area contributed by atoms with Gasteiger partial charge in [-0.25, -0.2) is 14.4 Å². The normalized spacial score (nSPS) is 12.5. The SMILES string of the molecule is COCC(N)CN(C)c1ncc(F)cn1. The monoisotopic (exact) mass is 214 g/mol. The Labute approximate surface area is 88.1 Å². The molecule has 1 heterocycles. The standard InChI is InChI=1S/C9H15FN4O/c1-14(5-8(11)6-15-2)9-12-3-7(10)4-13-9/h3-4,8H,5-6,11H2,1-2H3. The van der Waals surface area contributed by atoms with E-state index >= 15 is 0 Å². The van der Waals surface area contributed by atoms with E-state index in [2.05, 4.69) is 9.97 Å². The number of nitrogens with two attached hydrogens (primary N) is 1. The van der Waals surface area contributed by atoms with E-state index in [1.54, 1.807) is 19.1 Å². The minimum absolute atomic E-state index is 0.117. The summed E-state index contributed by atoms with van der Waals surface area (Å²) < 4.78 is 17.5. The second-order valence-corrected chi connectivity index (χ2v) is 3.30. The first kappa shape index (κ1) is 11.8. The van der Waals surface area contributed by atoms with Gasteiger partial charge in [0.25, 0.3) is 0 Å². The fraction of sp³-hybridized carbons (Fsp3) is 0.556. The Morgan fingerprint density at radius 2 is 2.13 bits per heavy atom. The summed E-state index contributed by atoms with van der Waals surface area (Å²) in [4.78, 5) is 9.42. The number of aromatic nitrogens is 2. The second kappa shape index (κ2) is 5.57. The van der Waals surface area contributed by atoms with Crippen molar-refractivity contribution in [3.05, 3.63) is 18.2 Å². The number of methoxy groups -OCH3 is 1. The predicted molar refractivity (Wildman–Crippen MR) is 55.1 cm³/mol. The lowest BCUT2D eigenvalue weighted by atomic mass is 10.3. The van der Waals surface area contributed by atoms with Gasteiger partial charge in [-0.2, -0.15) is 0 Å². The highest BCUT2D eigenvalue weighted by Crippen LogP contribution is 2.04. The van der Waals surface area contributed by atoms with Crippen LogP contribution in [0.3, 0.4) is 0 Å². The van der Waals surface area contributed by atoms with Crippen molar-refractivity contribution in [3.63, 3.8) is 0 Å². The van der Waals surface area contributed by atoms with Crippen molar-refractivity contribution in [1.29, 1.82) is 0 Å². The van der Waals surface area contributed by atoms with Crippen LogP contribution in [-0.2, 0) is 4.74 Å². The number of rotatable bonds is 5. The Balaban J connectivity index is 2.53. The van der Waals surface area contributed by atoms with E-state index in [-0.39, 0.29) is 6.04 Å². The Kier molecular flexibility index (Phi) is 4.38. The number of hydrogen-bond acceptors (Lipinski definition) is 5. The summed E-state index contributed by atoms with van der Waals surface area (Å²) in [6.45, 7) is 1.02. The van der Waals surface area contributed by atoms with Crippen LogP contribution in [-0.4, -0.2) is 43.3 Å². The van der Waals surface area contributed by atoms with Gasteiger partial charge in [0.1, 0.15) is 0 Å². The number of ether oxygens (including phenoxy) is 1. The highest BCUT2D eigenvalue weighted by molar-refractivity contribution is 5.27. The minimum atomic E-state index is -0.451. The molecule has 1 rings (SSSR count). The first-order valence-corrected chi connectivity index (χ1v) is 4.56. The van der Waals surface area contributed by atoms with Crippen LogP contribution in [0.2, 0.25) is 0 Å². The zero-order valence-electron chi connectivity index (χ0n) is 8.85. The van der Waals surface area contributed by atoms with Crippen LogP contribution in [0.15, 0.2) is 12.4 Å². The van der Waals surface area contributed by atoms with Gasteiger partial charge < -0.3 is 15.4 Å². The van der Waals surface area contributed by atoms with Gasteiger partial charge in [0.05, 0.1) is 19.0 Å². The van der Waals surface area contributed by atoms with Crippen LogP contribution in [0, 0.1) is 5.82 Å². The second-order valence-electron chi connectivity index (χ2n) is 3.30. The van der Waals surface area contributed by atoms with Crippen LogP contribution in [0.1, 0.15) is 0 Å². The van der Waals surface area contributed by atoms with Gasteiger partial charge in [-0.05, 0) is 0 Å². The third kappa shape index (κ3) is 3.77. The topological polar surface area (TPSA) is 64.3 Å². The molecule has 0 aliphatic heterocycles. The average Bonchev–Trinajstić information content (AvgIpc) is 2.18. The van der Waals surface area contributed by atoms with Crippen molar-refractivity contribution in [2.45, 2.75) is 6.04 Å². The van der Waals surface area contributed by atoms with Gasteiger partial charge in [0, 0.05) is 26.7 Å². The molecule has 0 aliphatic carbocycles. The third-order valence-electron chi connectivity index (χ3n) is 1.84. The maximum Gasteiger partial charge on any atom is 0.225 e. The molecule has 1 aromatic heterocycles. The van der Waals surface area contributed by atoms with Gasteiger partial charge in [0.2, 0.25) is 5.95 Å². The average molecular weight is 214 g/mol. The summed E-state index contributed by atoms with van der Waals surface area (Å²) >= 11 is 0. The highest BCUT2D eigenvalue weighted by Gasteiger charge is 2.09. The molecule has 1 atom stereocenters. The molecule has 1 aromatic rings. The predicted octanol–water partition coefficient (Wildman–Crippen LogP) is 0.0256. The van der Waals surface area contributed by atoms with Crippen molar-refractivity contribution in [2.75, 3.05) is 32.2 Å². The van der Waals surface area contributed by atoms with Crippen molar-refractivity contribution in [2.24, 2.45) is 5.73 Å². The summed E-state index contributed by atoms with van der Waals surface area (Å²) in [5.41, 5.74) is 5.76. The molecule has 0 saturated heterocycles. The summed E-state index contributed by atoms with van der Waals surface area (Å²) in [5.74, 6) is -0.00343. The summed E-state index contributed by atoms with van der Waals surface area (Å²) in [6.07, 6.45) is 2.25. The summed E-state index contributed by atoms with van der Waals surface area (Å²) in [6, 6.07) is -0.117. The van der Waals surface area contributed by atoms with Crippen LogP contribution < -0.4 is 10.6 Å². The Hall–Kier alpha value is -1.27. The van der Waals surface area contributed by atoms with E-state index in [4.69, 9.17) is 10.5 Å². The molecule has 0 fully saturated rings. The van der Waals surface area contributed by atoms with Crippen molar-refractivity contribution in [1.82, 2.24) is 9.97 Å². The molecule has 0 bridgehead atoms. The lowest BCUT2D eigenvalue weighted by Gasteiger charge is -2.20. The molecule has 6 heteroatoms. The van der Waals surface area contributed by atoms with Crippen LogP contribution in [0.5, 0.6) is 0 Å². The number of halogens is 1. The fourth-order valence-electron chi connectivity index (χ4n) is 1.20. The molecular weight excluding hydrogens is 199 g/mol. The van der Waals surface area contributed by atoms with Gasteiger partial charge >= 0.3 is 0 Å². The van der Waals surface area contributed by atoms with Gasteiger partial charge in [-0.1, -0.05) is 0 Å². The molecule has 84 valence electrons. The van der Waals surface area contributed by atoms with Gasteiger partial charge in [-0.15, -0.1) is 0 Å². The molecule has 0 radical (unpaired) electrons. The maximum absolute atomic E-state index is 12.5. The molecule has 0 aromatic carbocycles. The van der Waals surface area contributed by atoms with E-state index in [1.165, 1.54) is 0 Å². The van der Waals surface area contributed by atoms with Gasteiger partial charge in [0.15, 0.2) is 5.82 Å². The molecule has 0 saturated carbocycles. The van der Waals surface area contributed by atoms with Crippen molar-refractivity contribution < 1.29 is 9.13 Å². The van der Waals surface area contributed by atoms with Crippen molar-refractivity contribution >= 4 is 5.95 Å². The van der Waals surface area contributed by atoms with E-state index in [9.17, 15) is 4.39 Å². The van der Waals surface area contributed by atoms with Crippen LogP contribution in [0.4, 0.5) is 10.3 Å². The highest BCUT2D eigenvalue weighted by atomic mass is 19.1. The molecule has 0 spiro atoms. The molecule has 0 aliphatic rings. The maximum atomic E-state index is 12.5. The number of anilines is 1. The molecular formula is C9H15FN4O. The Morgan fingerprint density at radius 1 is 1.53 bits per heavy atom. The molecule has 2 N–H and O–H groups in total. The zero-order valence-corrected chi connectivity index (χ0v) is 8.85. The molecule has 15 heavy (non-hydrogen) atoms. The first-order chi connectivity index (χ1) is 7.13. The van der Waals surface area contributed by atoms with E-state index in [0.717, 1.165) is 12.4 Å². The van der Waals surface area contributed by atoms with E-state index < -0.39 is 5.82 Å². The lowest BCUT2D eigenvalue weighted by Crippen LogP contribution is -2.39. The molecule has 0 amide bonds. The Morgan fingerprint density at radius 3 is 2.67 bits per heavy atom. The van der Waals surface area contributed by atoms with Gasteiger partial charge in [-0.3, -0.25) is 0 Å². The molecule has 5 nitrogen and oxygen atoms in total. The van der Waals surface area contributed by atoms with Crippen LogP contribution in [0.25, 0.3) is 0 Å². The zero-order chi connectivity index (χ0) is 11.3. The molecule has 1 unspecified atom stereocenters. The largest absolute Gasteiger partial charge is 0.383 e. The van der Waals surface area contributed by atoms with E-state index in [0.29, 0.717) is 19.1 Å². The Bertz CT molecular complexity index is 293. The summed E-state index contributed by atoms with van der Waals surface area (Å²) in [7, 11) is 3.39. The minimum Gasteiger partial charge on any atom is -0.383 e. The summed E-state index contributed by atoms with van der Waals surface area (Å²) in [5, 5.41) is 0. The fourth-order valence-corrected chi connectivity index (χ4v) is 1.20. The third-order valence-corrected chi connectivity index (χ3v) is 1.84. The first-order valence-electron chi connectivity index (χ1n) is 4.56. The smallest absolute Gasteiger partial charge is 0.225 e.